The number of thiazole rings is 1. The van der Waals surface area contributed by atoms with Gasteiger partial charge in [0.25, 0.3) is 0 Å². The molecular formula is C19H29N5S2. The van der Waals surface area contributed by atoms with E-state index in [0.29, 0.717) is 12.0 Å². The van der Waals surface area contributed by atoms with E-state index in [1.807, 2.05) is 25.3 Å². The third-order valence-corrected chi connectivity index (χ3v) is 6.77. The van der Waals surface area contributed by atoms with Crippen molar-refractivity contribution in [3.05, 3.63) is 38.5 Å². The highest BCUT2D eigenvalue weighted by Gasteiger charge is 2.31. The minimum atomic E-state index is 0.501. The largest absolute Gasteiger partial charge is 0.356 e. The maximum atomic E-state index is 4.56. The number of likely N-dealkylation sites (tertiary alicyclic amines) is 1. The van der Waals surface area contributed by atoms with E-state index in [9.17, 15) is 0 Å². The molecule has 1 aliphatic heterocycles. The fourth-order valence-corrected chi connectivity index (χ4v) is 5.38. The lowest BCUT2D eigenvalue weighted by atomic mass is 9.88. The van der Waals surface area contributed by atoms with Gasteiger partial charge in [-0.1, -0.05) is 6.07 Å². The standard InChI is InChI=1S/C19H29N5S2/c1-14-22-16(13-26-14)12-24(4)19(20-2)21-11-15-7-5-9-23(3)18(15)17-8-6-10-25-17/h6,8,10,13,15,18H,5,7,9,11-12H2,1-4H3,(H,20,21). The van der Waals surface area contributed by atoms with Crippen LogP contribution in [0.25, 0.3) is 0 Å². The molecule has 5 nitrogen and oxygen atoms in total. The molecule has 2 unspecified atom stereocenters. The molecular weight excluding hydrogens is 362 g/mol. The SMILES string of the molecule is CN=C(NCC1CCCN(C)C1c1cccs1)N(C)Cc1csc(C)n1. The van der Waals surface area contributed by atoms with E-state index in [1.54, 1.807) is 11.3 Å². The lowest BCUT2D eigenvalue weighted by Gasteiger charge is -2.39. The molecule has 0 radical (unpaired) electrons. The molecule has 0 aliphatic carbocycles. The van der Waals surface area contributed by atoms with E-state index in [0.717, 1.165) is 29.8 Å². The lowest BCUT2D eigenvalue weighted by Crippen LogP contribution is -2.45. The first-order valence-corrected chi connectivity index (χ1v) is 10.9. The molecule has 1 aliphatic rings. The Morgan fingerprint density at radius 2 is 2.31 bits per heavy atom. The summed E-state index contributed by atoms with van der Waals surface area (Å²) in [6.07, 6.45) is 2.52. The smallest absolute Gasteiger partial charge is 0.193 e. The average molecular weight is 392 g/mol. The zero-order chi connectivity index (χ0) is 18.5. The molecule has 2 aromatic rings. The monoisotopic (exact) mass is 391 g/mol. The molecule has 3 rings (SSSR count). The first kappa shape index (κ1) is 19.3. The number of aromatic nitrogens is 1. The van der Waals surface area contributed by atoms with Crippen LogP contribution in [0.15, 0.2) is 27.9 Å². The number of thiophene rings is 1. The Morgan fingerprint density at radius 1 is 1.46 bits per heavy atom. The first-order valence-electron chi connectivity index (χ1n) is 9.15. The lowest BCUT2D eigenvalue weighted by molar-refractivity contribution is 0.124. The number of aryl methyl sites for hydroxylation is 1. The molecule has 26 heavy (non-hydrogen) atoms. The Labute approximate surface area is 164 Å². The zero-order valence-electron chi connectivity index (χ0n) is 16.1. The molecule has 1 N–H and O–H groups in total. The summed E-state index contributed by atoms with van der Waals surface area (Å²) in [7, 11) is 6.19. The number of guanidine groups is 1. The van der Waals surface area contributed by atoms with Gasteiger partial charge >= 0.3 is 0 Å². The molecule has 1 saturated heterocycles. The summed E-state index contributed by atoms with van der Waals surface area (Å²) in [6.45, 7) is 4.95. The van der Waals surface area contributed by atoms with E-state index < -0.39 is 0 Å². The summed E-state index contributed by atoms with van der Waals surface area (Å²) >= 11 is 3.57. The third-order valence-electron chi connectivity index (χ3n) is 5.00. The van der Waals surface area contributed by atoms with Crippen LogP contribution in [0.3, 0.4) is 0 Å². The van der Waals surface area contributed by atoms with E-state index in [2.05, 4.69) is 62.1 Å². The van der Waals surface area contributed by atoms with Crippen molar-refractivity contribution in [3.63, 3.8) is 0 Å². The van der Waals surface area contributed by atoms with Crippen LogP contribution < -0.4 is 5.32 Å². The number of rotatable bonds is 5. The number of aliphatic imine (C=N–C) groups is 1. The van der Waals surface area contributed by atoms with Crippen LogP contribution >= 0.6 is 22.7 Å². The molecule has 7 heteroatoms. The molecule has 0 amide bonds. The molecule has 2 atom stereocenters. The van der Waals surface area contributed by atoms with Crippen molar-refractivity contribution in [2.45, 2.75) is 32.4 Å². The number of nitrogens with one attached hydrogen (secondary N) is 1. The fraction of sp³-hybridized carbons (Fsp3) is 0.579. The van der Waals surface area contributed by atoms with Gasteiger partial charge in [-0.25, -0.2) is 4.98 Å². The normalized spacial score (nSPS) is 21.8. The first-order chi connectivity index (χ1) is 12.6. The minimum Gasteiger partial charge on any atom is -0.356 e. The van der Waals surface area contributed by atoms with Gasteiger partial charge in [0.1, 0.15) is 0 Å². The van der Waals surface area contributed by atoms with E-state index >= 15 is 0 Å². The Bertz CT molecular complexity index is 709. The van der Waals surface area contributed by atoms with Gasteiger partial charge in [0, 0.05) is 36.9 Å². The molecule has 1 fully saturated rings. The van der Waals surface area contributed by atoms with Crippen molar-refractivity contribution >= 4 is 28.6 Å². The Balaban J connectivity index is 1.61. The quantitative estimate of drug-likeness (QED) is 0.625. The third kappa shape index (κ3) is 4.64. The van der Waals surface area contributed by atoms with Gasteiger partial charge in [0.05, 0.1) is 17.2 Å². The van der Waals surface area contributed by atoms with Gasteiger partial charge in [-0.3, -0.25) is 9.89 Å². The van der Waals surface area contributed by atoms with E-state index in [-0.39, 0.29) is 0 Å². The highest BCUT2D eigenvalue weighted by Crippen LogP contribution is 2.36. The molecule has 2 aromatic heterocycles. The Hall–Kier alpha value is -1.44. The molecule has 142 valence electrons. The van der Waals surface area contributed by atoms with E-state index in [4.69, 9.17) is 0 Å². The molecule has 3 heterocycles. The summed E-state index contributed by atoms with van der Waals surface area (Å²) in [5.74, 6) is 1.54. The van der Waals surface area contributed by atoms with Gasteiger partial charge < -0.3 is 10.2 Å². The highest BCUT2D eigenvalue weighted by atomic mass is 32.1. The van der Waals surface area contributed by atoms with Crippen molar-refractivity contribution < 1.29 is 0 Å². The minimum absolute atomic E-state index is 0.501. The van der Waals surface area contributed by atoms with Crippen molar-refractivity contribution in [3.8, 4) is 0 Å². The van der Waals surface area contributed by atoms with Gasteiger partial charge in [0.15, 0.2) is 5.96 Å². The van der Waals surface area contributed by atoms with Crippen molar-refractivity contribution in [1.82, 2.24) is 20.1 Å². The zero-order valence-corrected chi connectivity index (χ0v) is 17.7. The van der Waals surface area contributed by atoms with Crippen LogP contribution in [0, 0.1) is 12.8 Å². The van der Waals surface area contributed by atoms with Gasteiger partial charge in [-0.2, -0.15) is 0 Å². The van der Waals surface area contributed by atoms with E-state index in [1.165, 1.54) is 24.3 Å². The van der Waals surface area contributed by atoms with Crippen LogP contribution in [0.4, 0.5) is 0 Å². The highest BCUT2D eigenvalue weighted by molar-refractivity contribution is 7.10. The number of nitrogens with zero attached hydrogens (tertiary/aromatic N) is 4. The van der Waals surface area contributed by atoms with Crippen LogP contribution in [-0.4, -0.2) is 55.0 Å². The second-order valence-electron chi connectivity index (χ2n) is 6.99. The van der Waals surface area contributed by atoms with Gasteiger partial charge in [0.2, 0.25) is 0 Å². The van der Waals surface area contributed by atoms with Gasteiger partial charge in [-0.15, -0.1) is 22.7 Å². The summed E-state index contributed by atoms with van der Waals surface area (Å²) in [5, 5.41) is 9.03. The van der Waals surface area contributed by atoms with Crippen LogP contribution in [0.1, 0.15) is 34.5 Å². The van der Waals surface area contributed by atoms with Crippen molar-refractivity contribution in [2.75, 3.05) is 34.2 Å². The summed E-state index contributed by atoms with van der Waals surface area (Å²) < 4.78 is 0. The summed E-state index contributed by atoms with van der Waals surface area (Å²) in [5.41, 5.74) is 1.10. The maximum Gasteiger partial charge on any atom is 0.193 e. The molecule has 0 spiro atoms. The topological polar surface area (TPSA) is 43.8 Å². The van der Waals surface area contributed by atoms with Gasteiger partial charge in [-0.05, 0) is 50.7 Å². The second kappa shape index (κ2) is 8.97. The summed E-state index contributed by atoms with van der Waals surface area (Å²) in [6, 6.07) is 4.94. The molecule has 0 aromatic carbocycles. The predicted molar refractivity (Wildman–Crippen MR) is 112 cm³/mol. The Morgan fingerprint density at radius 3 is 2.96 bits per heavy atom. The summed E-state index contributed by atoms with van der Waals surface area (Å²) in [4.78, 5) is 15.2. The van der Waals surface area contributed by atoms with Crippen LogP contribution in [-0.2, 0) is 6.54 Å². The second-order valence-corrected chi connectivity index (χ2v) is 9.03. The molecule has 0 bridgehead atoms. The van der Waals surface area contributed by atoms with Crippen molar-refractivity contribution in [2.24, 2.45) is 10.9 Å². The molecule has 0 saturated carbocycles. The van der Waals surface area contributed by atoms with Crippen molar-refractivity contribution in [1.29, 1.82) is 0 Å². The number of hydrogen-bond acceptors (Lipinski definition) is 5. The predicted octanol–water partition coefficient (Wildman–Crippen LogP) is 3.60. The van der Waals surface area contributed by atoms with Crippen LogP contribution in [0.2, 0.25) is 0 Å². The number of piperidine rings is 1. The fourth-order valence-electron chi connectivity index (χ4n) is 3.79. The Kier molecular flexibility index (Phi) is 6.67. The maximum absolute atomic E-state index is 4.56. The average Bonchev–Trinajstić information content (AvgIpc) is 3.27. The number of hydrogen-bond donors (Lipinski definition) is 1. The van der Waals surface area contributed by atoms with Crippen LogP contribution in [0.5, 0.6) is 0 Å².